The second-order valence-electron chi connectivity index (χ2n) is 9.93. The SMILES string of the molecule is O=C(O)c1cccc(CN2CCCN3CCCN(CCCN(Cc4cccc(C(=O)O)n4)CC3)CC2)n1. The topological polar surface area (TPSA) is 113 Å². The van der Waals surface area contributed by atoms with Crippen molar-refractivity contribution >= 4 is 11.9 Å². The molecule has 4 heterocycles. The number of fused-ring (bicyclic) bond motifs is 4. The molecule has 2 fully saturated rings. The molecule has 10 heteroatoms. The van der Waals surface area contributed by atoms with Gasteiger partial charge in [0.05, 0.1) is 11.4 Å². The molecule has 10 nitrogen and oxygen atoms in total. The summed E-state index contributed by atoms with van der Waals surface area (Å²) in [6.07, 6.45) is 3.23. The van der Waals surface area contributed by atoms with Crippen molar-refractivity contribution in [3.8, 4) is 0 Å². The van der Waals surface area contributed by atoms with Crippen LogP contribution >= 0.6 is 0 Å². The molecule has 0 saturated carbocycles. The van der Waals surface area contributed by atoms with Crippen LogP contribution in [0.25, 0.3) is 0 Å². The molecule has 200 valence electrons. The van der Waals surface area contributed by atoms with Gasteiger partial charge >= 0.3 is 11.9 Å². The van der Waals surface area contributed by atoms with E-state index in [0.29, 0.717) is 13.1 Å². The Bertz CT molecular complexity index is 970. The van der Waals surface area contributed by atoms with Crippen LogP contribution in [0.3, 0.4) is 0 Å². The summed E-state index contributed by atoms with van der Waals surface area (Å²) in [5.74, 6) is -1.98. The van der Waals surface area contributed by atoms with Gasteiger partial charge in [0.25, 0.3) is 0 Å². The summed E-state index contributed by atoms with van der Waals surface area (Å²) in [4.78, 5) is 41.3. The highest BCUT2D eigenvalue weighted by molar-refractivity contribution is 5.85. The second-order valence-corrected chi connectivity index (χ2v) is 9.93. The van der Waals surface area contributed by atoms with E-state index in [1.807, 2.05) is 12.1 Å². The van der Waals surface area contributed by atoms with Crippen molar-refractivity contribution in [2.24, 2.45) is 0 Å². The van der Waals surface area contributed by atoms with Crippen LogP contribution in [0.1, 0.15) is 51.6 Å². The highest BCUT2D eigenvalue weighted by Crippen LogP contribution is 2.11. The van der Waals surface area contributed by atoms with Gasteiger partial charge in [0.1, 0.15) is 11.4 Å². The van der Waals surface area contributed by atoms with Crippen molar-refractivity contribution in [2.45, 2.75) is 32.4 Å². The number of nitrogens with zero attached hydrogens (tertiary/aromatic N) is 6. The van der Waals surface area contributed by atoms with E-state index in [4.69, 9.17) is 0 Å². The molecule has 0 radical (unpaired) electrons. The number of carboxylic acid groups (broad SMARTS) is 2. The summed E-state index contributed by atoms with van der Waals surface area (Å²) < 4.78 is 0. The van der Waals surface area contributed by atoms with Crippen LogP contribution in [0.5, 0.6) is 0 Å². The number of rotatable bonds is 6. The Labute approximate surface area is 218 Å². The molecule has 4 rings (SSSR count). The average molecular weight is 511 g/mol. The number of pyridine rings is 2. The first-order chi connectivity index (χ1) is 18.0. The number of carbonyl (C=O) groups is 2. The maximum atomic E-state index is 11.3. The quantitative estimate of drug-likeness (QED) is 0.598. The molecule has 2 atom stereocenters. The van der Waals surface area contributed by atoms with Crippen molar-refractivity contribution in [1.82, 2.24) is 29.6 Å². The highest BCUT2D eigenvalue weighted by Gasteiger charge is 2.18. The molecule has 0 aromatic carbocycles. The van der Waals surface area contributed by atoms with Gasteiger partial charge in [0, 0.05) is 39.3 Å². The molecule has 2 aliphatic heterocycles. The van der Waals surface area contributed by atoms with Crippen LogP contribution in [-0.2, 0) is 13.1 Å². The molecule has 2 aromatic rings. The maximum Gasteiger partial charge on any atom is 0.354 e. The number of hydrogen-bond donors (Lipinski definition) is 2. The van der Waals surface area contributed by atoms with E-state index in [1.165, 1.54) is 0 Å². The largest absolute Gasteiger partial charge is 0.477 e. The molecule has 0 amide bonds. The lowest BCUT2D eigenvalue weighted by molar-refractivity contribution is 0.0679. The number of hydrogen-bond acceptors (Lipinski definition) is 8. The summed E-state index contributed by atoms with van der Waals surface area (Å²) >= 11 is 0. The zero-order valence-corrected chi connectivity index (χ0v) is 21.5. The first kappa shape index (κ1) is 27.1. The van der Waals surface area contributed by atoms with Crippen LogP contribution in [0.15, 0.2) is 36.4 Å². The minimum absolute atomic E-state index is 0.0970. The third-order valence-electron chi connectivity index (χ3n) is 7.13. The first-order valence-corrected chi connectivity index (χ1v) is 13.2. The molecule has 2 N–H and O–H groups in total. The minimum atomic E-state index is -0.991. The fraction of sp³-hybridized carbons (Fsp3) is 0.556. The third kappa shape index (κ3) is 8.57. The molecule has 0 spiro atoms. The summed E-state index contributed by atoms with van der Waals surface area (Å²) in [5, 5.41) is 18.6. The van der Waals surface area contributed by atoms with Gasteiger partial charge in [0.2, 0.25) is 0 Å². The van der Waals surface area contributed by atoms with Crippen LogP contribution in [0.4, 0.5) is 0 Å². The fourth-order valence-corrected chi connectivity index (χ4v) is 5.16. The molecule has 37 heavy (non-hydrogen) atoms. The molecule has 2 unspecified atom stereocenters. The predicted octanol–water partition coefficient (Wildman–Crippen LogP) is 1.98. The van der Waals surface area contributed by atoms with Crippen molar-refractivity contribution in [3.63, 3.8) is 0 Å². The minimum Gasteiger partial charge on any atom is -0.477 e. The van der Waals surface area contributed by atoms with Gasteiger partial charge in [0.15, 0.2) is 0 Å². The molecular formula is C27H38N6O4. The van der Waals surface area contributed by atoms with Gasteiger partial charge in [-0.2, -0.15) is 0 Å². The Morgan fingerprint density at radius 2 is 1.00 bits per heavy atom. The van der Waals surface area contributed by atoms with Gasteiger partial charge in [-0.15, -0.1) is 0 Å². The monoisotopic (exact) mass is 510 g/mol. The standard InChI is InChI=1S/C27H38N6O4/c34-26(35)24-8-1-6-22(28-24)20-32-14-4-12-31-11-3-10-30(16-18-32)13-5-15-33(19-17-31)21-23-7-2-9-25(29-23)27(36)37/h1-2,6-9H,3-5,10-21H2,(H,34,35)(H,36,37). The lowest BCUT2D eigenvalue weighted by Gasteiger charge is -2.29. The third-order valence-corrected chi connectivity index (χ3v) is 7.13. The Morgan fingerprint density at radius 3 is 1.41 bits per heavy atom. The van der Waals surface area contributed by atoms with Crippen molar-refractivity contribution < 1.29 is 19.8 Å². The van der Waals surface area contributed by atoms with Gasteiger partial charge in [-0.25, -0.2) is 19.6 Å². The van der Waals surface area contributed by atoms with Gasteiger partial charge in [-0.1, -0.05) is 12.1 Å². The summed E-state index contributed by atoms with van der Waals surface area (Å²) in [6.45, 7) is 11.2. The molecule has 2 bridgehead atoms. The summed E-state index contributed by atoms with van der Waals surface area (Å²) in [5.41, 5.74) is 1.80. The van der Waals surface area contributed by atoms with Gasteiger partial charge in [-0.05, 0) is 82.8 Å². The maximum absolute atomic E-state index is 11.3. The zero-order chi connectivity index (χ0) is 26.0. The smallest absolute Gasteiger partial charge is 0.354 e. The van der Waals surface area contributed by atoms with Crippen LogP contribution in [0, 0.1) is 0 Å². The van der Waals surface area contributed by atoms with Crippen LogP contribution in [-0.4, -0.2) is 117 Å². The lowest BCUT2D eigenvalue weighted by Crippen LogP contribution is -2.39. The second kappa shape index (κ2) is 13.6. The Morgan fingerprint density at radius 1 is 0.595 bits per heavy atom. The van der Waals surface area contributed by atoms with Gasteiger partial charge in [-0.3, -0.25) is 9.80 Å². The average Bonchev–Trinajstić information content (AvgIpc) is 2.95. The normalized spacial score (nSPS) is 22.7. The Balaban J connectivity index is 1.40. The van der Waals surface area contributed by atoms with E-state index in [9.17, 15) is 19.8 Å². The van der Waals surface area contributed by atoms with E-state index >= 15 is 0 Å². The molecule has 0 aliphatic carbocycles. The van der Waals surface area contributed by atoms with E-state index in [2.05, 4.69) is 29.6 Å². The molecule has 2 saturated heterocycles. The van der Waals surface area contributed by atoms with Crippen molar-refractivity contribution in [3.05, 3.63) is 59.2 Å². The molecular weight excluding hydrogens is 472 g/mol. The number of carboxylic acids is 2. The predicted molar refractivity (Wildman–Crippen MR) is 140 cm³/mol. The van der Waals surface area contributed by atoms with Crippen LogP contribution in [0.2, 0.25) is 0 Å². The Kier molecular flexibility index (Phi) is 9.95. The first-order valence-electron chi connectivity index (χ1n) is 13.2. The summed E-state index contributed by atoms with van der Waals surface area (Å²) in [7, 11) is 0. The van der Waals surface area contributed by atoms with E-state index < -0.39 is 11.9 Å². The van der Waals surface area contributed by atoms with E-state index in [-0.39, 0.29) is 11.4 Å². The zero-order valence-electron chi connectivity index (χ0n) is 21.5. The number of aromatic carboxylic acids is 2. The summed E-state index contributed by atoms with van der Waals surface area (Å²) in [6, 6.07) is 10.5. The van der Waals surface area contributed by atoms with E-state index in [0.717, 1.165) is 96.1 Å². The van der Waals surface area contributed by atoms with Crippen LogP contribution < -0.4 is 0 Å². The van der Waals surface area contributed by atoms with Gasteiger partial charge < -0.3 is 20.0 Å². The Hall–Kier alpha value is -2.92. The highest BCUT2D eigenvalue weighted by atomic mass is 16.4. The number of aromatic nitrogens is 2. The lowest BCUT2D eigenvalue weighted by atomic mass is 10.2. The molecule has 2 aromatic heterocycles. The molecule has 2 aliphatic rings. The fourth-order valence-electron chi connectivity index (χ4n) is 5.16. The van der Waals surface area contributed by atoms with Crippen molar-refractivity contribution in [2.75, 3.05) is 65.4 Å². The van der Waals surface area contributed by atoms with E-state index in [1.54, 1.807) is 24.3 Å². The van der Waals surface area contributed by atoms with Crippen molar-refractivity contribution in [1.29, 1.82) is 0 Å².